The van der Waals surface area contributed by atoms with E-state index in [1.165, 1.54) is 29.6 Å². The fourth-order valence-electron chi connectivity index (χ4n) is 2.45. The summed E-state index contributed by atoms with van der Waals surface area (Å²) in [6.45, 7) is -0.119. The fourth-order valence-corrected chi connectivity index (χ4v) is 3.10. The molecule has 2 aromatic heterocycles. The molecular formula is C15H13ClIN5O3. The first-order valence-electron chi connectivity index (χ1n) is 7.15. The standard InChI is InChI=1S/C15H13ClIN5O3/c1-20-13-12(14(24)21(2)15(20)25)22(7-18-13)6-11(23)19-10-5-8(16)3-4-9(10)17/h3-5,7H,6H2,1-2H3,(H,19,23). The van der Waals surface area contributed by atoms with Gasteiger partial charge in [0, 0.05) is 22.7 Å². The highest BCUT2D eigenvalue weighted by molar-refractivity contribution is 14.1. The number of halogens is 2. The number of nitrogens with zero attached hydrogens (tertiary/aromatic N) is 4. The van der Waals surface area contributed by atoms with Gasteiger partial charge in [0.05, 0.1) is 12.0 Å². The van der Waals surface area contributed by atoms with Crippen LogP contribution in [0.25, 0.3) is 11.2 Å². The highest BCUT2D eigenvalue weighted by atomic mass is 127. The Hall–Kier alpha value is -2.14. The van der Waals surface area contributed by atoms with Crippen LogP contribution >= 0.6 is 34.2 Å². The van der Waals surface area contributed by atoms with Crippen molar-refractivity contribution >= 4 is 57.0 Å². The zero-order chi connectivity index (χ0) is 18.3. The number of aromatic nitrogens is 4. The minimum Gasteiger partial charge on any atom is -0.324 e. The molecule has 0 aliphatic rings. The average Bonchev–Trinajstić information content (AvgIpc) is 2.98. The van der Waals surface area contributed by atoms with Crippen LogP contribution in [0.2, 0.25) is 5.02 Å². The van der Waals surface area contributed by atoms with E-state index in [0.717, 1.165) is 8.14 Å². The Morgan fingerprint density at radius 1 is 1.28 bits per heavy atom. The lowest BCUT2D eigenvalue weighted by Crippen LogP contribution is -2.37. The smallest absolute Gasteiger partial charge is 0.324 e. The number of rotatable bonds is 3. The lowest BCUT2D eigenvalue weighted by molar-refractivity contribution is -0.116. The molecule has 1 amide bonds. The maximum Gasteiger partial charge on any atom is 0.332 e. The molecule has 0 aliphatic carbocycles. The van der Waals surface area contributed by atoms with Crippen LogP contribution < -0.4 is 16.6 Å². The van der Waals surface area contributed by atoms with Gasteiger partial charge in [-0.3, -0.25) is 18.7 Å². The molecule has 0 bridgehead atoms. The van der Waals surface area contributed by atoms with Crippen molar-refractivity contribution in [3.05, 3.63) is 54.0 Å². The van der Waals surface area contributed by atoms with E-state index >= 15 is 0 Å². The van der Waals surface area contributed by atoms with Gasteiger partial charge >= 0.3 is 5.69 Å². The third-order valence-electron chi connectivity index (χ3n) is 3.73. The number of fused-ring (bicyclic) bond motifs is 1. The molecule has 0 radical (unpaired) electrons. The minimum atomic E-state index is -0.499. The summed E-state index contributed by atoms with van der Waals surface area (Å²) in [6.07, 6.45) is 1.37. The Labute approximate surface area is 160 Å². The molecule has 2 heterocycles. The normalized spacial score (nSPS) is 11.0. The number of anilines is 1. The third kappa shape index (κ3) is 3.21. The second-order valence-corrected chi connectivity index (χ2v) is 7.02. The first-order chi connectivity index (χ1) is 11.8. The van der Waals surface area contributed by atoms with Crippen LogP contribution in [0, 0.1) is 3.57 Å². The van der Waals surface area contributed by atoms with Crippen molar-refractivity contribution in [3.63, 3.8) is 0 Å². The van der Waals surface area contributed by atoms with Crippen molar-refractivity contribution in [1.29, 1.82) is 0 Å². The van der Waals surface area contributed by atoms with Gasteiger partial charge in [-0.25, -0.2) is 9.78 Å². The number of hydrogen-bond donors (Lipinski definition) is 1. The Morgan fingerprint density at radius 2 is 2.00 bits per heavy atom. The van der Waals surface area contributed by atoms with Gasteiger partial charge in [-0.1, -0.05) is 11.6 Å². The molecule has 3 rings (SSSR count). The van der Waals surface area contributed by atoms with Gasteiger partial charge in [0.1, 0.15) is 6.54 Å². The van der Waals surface area contributed by atoms with Crippen molar-refractivity contribution < 1.29 is 4.79 Å². The van der Waals surface area contributed by atoms with Gasteiger partial charge < -0.3 is 9.88 Å². The topological polar surface area (TPSA) is 90.9 Å². The van der Waals surface area contributed by atoms with E-state index in [9.17, 15) is 14.4 Å². The molecule has 0 aliphatic heterocycles. The van der Waals surface area contributed by atoms with Crippen LogP contribution in [-0.4, -0.2) is 24.6 Å². The predicted octanol–water partition coefficient (Wildman–Crippen LogP) is 1.33. The molecular weight excluding hydrogens is 461 g/mol. The number of carbonyl (C=O) groups excluding carboxylic acids is 1. The molecule has 10 heteroatoms. The molecule has 130 valence electrons. The summed E-state index contributed by atoms with van der Waals surface area (Å²) in [4.78, 5) is 40.7. The SMILES string of the molecule is Cn1c(=O)c2c(ncn2CC(=O)Nc2cc(Cl)ccc2I)n(C)c1=O. The van der Waals surface area contributed by atoms with E-state index in [-0.39, 0.29) is 23.6 Å². The van der Waals surface area contributed by atoms with Crippen LogP contribution in [0.5, 0.6) is 0 Å². The van der Waals surface area contributed by atoms with E-state index in [4.69, 9.17) is 11.6 Å². The molecule has 3 aromatic rings. The number of imidazole rings is 1. The predicted molar refractivity (Wildman–Crippen MR) is 103 cm³/mol. The zero-order valence-electron chi connectivity index (χ0n) is 13.3. The van der Waals surface area contributed by atoms with Crippen LogP contribution in [0.15, 0.2) is 34.1 Å². The fraction of sp³-hybridized carbons (Fsp3) is 0.200. The highest BCUT2D eigenvalue weighted by Crippen LogP contribution is 2.22. The molecule has 8 nitrogen and oxygen atoms in total. The van der Waals surface area contributed by atoms with E-state index in [2.05, 4.69) is 32.9 Å². The summed E-state index contributed by atoms with van der Waals surface area (Å²) in [7, 11) is 2.91. The summed E-state index contributed by atoms with van der Waals surface area (Å²) in [5.41, 5.74) is 0.0445. The van der Waals surface area contributed by atoms with Crippen LogP contribution in [0.4, 0.5) is 5.69 Å². The van der Waals surface area contributed by atoms with Crippen LogP contribution in [0.1, 0.15) is 0 Å². The third-order valence-corrected chi connectivity index (χ3v) is 4.91. The number of hydrogen-bond acceptors (Lipinski definition) is 4. The van der Waals surface area contributed by atoms with Gasteiger partial charge in [-0.15, -0.1) is 0 Å². The molecule has 1 aromatic carbocycles. The van der Waals surface area contributed by atoms with E-state index < -0.39 is 11.2 Å². The van der Waals surface area contributed by atoms with Gasteiger partial charge in [0.15, 0.2) is 11.2 Å². The summed E-state index contributed by atoms with van der Waals surface area (Å²) in [5, 5.41) is 3.26. The van der Waals surface area contributed by atoms with Crippen molar-refractivity contribution in [2.45, 2.75) is 6.54 Å². The number of amides is 1. The largest absolute Gasteiger partial charge is 0.332 e. The molecule has 1 N–H and O–H groups in total. The van der Waals surface area contributed by atoms with E-state index in [1.54, 1.807) is 18.2 Å². The monoisotopic (exact) mass is 473 g/mol. The zero-order valence-corrected chi connectivity index (χ0v) is 16.2. The van der Waals surface area contributed by atoms with Crippen molar-refractivity contribution in [3.8, 4) is 0 Å². The van der Waals surface area contributed by atoms with Gasteiger partial charge in [-0.2, -0.15) is 0 Å². The minimum absolute atomic E-state index is 0.119. The summed E-state index contributed by atoms with van der Waals surface area (Å²) >= 11 is 8.03. The van der Waals surface area contributed by atoms with E-state index in [1.807, 2.05) is 0 Å². The number of carbonyl (C=O) groups is 1. The first-order valence-corrected chi connectivity index (χ1v) is 8.61. The lowest BCUT2D eigenvalue weighted by Gasteiger charge is -2.09. The van der Waals surface area contributed by atoms with Gasteiger partial charge in [0.25, 0.3) is 5.56 Å². The molecule has 0 unspecified atom stereocenters. The number of nitrogens with one attached hydrogen (secondary N) is 1. The Morgan fingerprint density at radius 3 is 2.72 bits per heavy atom. The molecule has 0 saturated heterocycles. The maximum atomic E-state index is 12.4. The molecule has 0 saturated carbocycles. The number of benzene rings is 1. The van der Waals surface area contributed by atoms with E-state index in [0.29, 0.717) is 10.7 Å². The van der Waals surface area contributed by atoms with Gasteiger partial charge in [-0.05, 0) is 40.8 Å². The van der Waals surface area contributed by atoms with Crippen LogP contribution in [0.3, 0.4) is 0 Å². The van der Waals surface area contributed by atoms with Gasteiger partial charge in [0.2, 0.25) is 5.91 Å². The van der Waals surface area contributed by atoms with Crippen molar-refractivity contribution in [2.75, 3.05) is 5.32 Å². The number of aryl methyl sites for hydroxylation is 1. The Bertz CT molecular complexity index is 1110. The Kier molecular flexibility index (Phi) is 4.69. The highest BCUT2D eigenvalue weighted by Gasteiger charge is 2.16. The first kappa shape index (κ1) is 17.7. The van der Waals surface area contributed by atoms with Crippen LogP contribution in [-0.2, 0) is 25.4 Å². The summed E-state index contributed by atoms with van der Waals surface area (Å²) < 4.78 is 4.51. The molecule has 25 heavy (non-hydrogen) atoms. The second-order valence-electron chi connectivity index (χ2n) is 5.42. The maximum absolute atomic E-state index is 12.4. The summed E-state index contributed by atoms with van der Waals surface area (Å²) in [6, 6.07) is 5.17. The molecule has 0 fully saturated rings. The lowest BCUT2D eigenvalue weighted by atomic mass is 10.3. The second kappa shape index (κ2) is 6.64. The molecule has 0 atom stereocenters. The quantitative estimate of drug-likeness (QED) is 0.581. The van der Waals surface area contributed by atoms with Crippen molar-refractivity contribution in [2.24, 2.45) is 14.1 Å². The van der Waals surface area contributed by atoms with Crippen molar-refractivity contribution in [1.82, 2.24) is 18.7 Å². The summed E-state index contributed by atoms with van der Waals surface area (Å²) in [5.74, 6) is -0.338. The Balaban J connectivity index is 1.96. The molecule has 0 spiro atoms. The average molecular weight is 474 g/mol.